The van der Waals surface area contributed by atoms with Gasteiger partial charge in [0.05, 0.1) is 0 Å². The number of carbonyl (C=O) groups is 3. The highest BCUT2D eigenvalue weighted by Crippen LogP contribution is 2.37. The van der Waals surface area contributed by atoms with Crippen LogP contribution in [0.25, 0.3) is 11.1 Å². The summed E-state index contributed by atoms with van der Waals surface area (Å²) in [4.78, 5) is 50.5. The zero-order valence-corrected chi connectivity index (χ0v) is 27.5. The number of rotatable bonds is 13. The molecule has 45 heavy (non-hydrogen) atoms. The number of pyridine rings is 1. The first-order valence-electron chi connectivity index (χ1n) is 16.4. The highest BCUT2D eigenvalue weighted by Gasteiger charge is 2.34. The van der Waals surface area contributed by atoms with Gasteiger partial charge in [-0.15, -0.1) is 0 Å². The highest BCUT2D eigenvalue weighted by atomic mass is 16.2. The number of anilines is 2. The summed E-state index contributed by atoms with van der Waals surface area (Å²) in [6, 6.07) is 8.00. The molecule has 2 amide bonds. The second-order valence-corrected chi connectivity index (χ2v) is 12.7. The van der Waals surface area contributed by atoms with E-state index < -0.39 is 0 Å². The molecular formula is C36H48N6O3. The molecule has 0 spiro atoms. The Morgan fingerprint density at radius 3 is 2.36 bits per heavy atom. The van der Waals surface area contributed by atoms with Gasteiger partial charge in [-0.1, -0.05) is 0 Å². The van der Waals surface area contributed by atoms with E-state index >= 15 is 0 Å². The topological polar surface area (TPSA) is 97.9 Å². The third-order valence-corrected chi connectivity index (χ3v) is 9.33. The van der Waals surface area contributed by atoms with Crippen LogP contribution >= 0.6 is 0 Å². The summed E-state index contributed by atoms with van der Waals surface area (Å²) in [6.07, 6.45) is 9.11. The number of piperazine rings is 1. The molecular weight excluding hydrogens is 564 g/mol. The Hall–Kier alpha value is -3.98. The summed E-state index contributed by atoms with van der Waals surface area (Å²) in [5, 5.41) is 6.01. The fraction of sp³-hybridized carbons (Fsp3) is 0.500. The van der Waals surface area contributed by atoms with E-state index in [1.54, 1.807) is 0 Å². The standard InChI is InChI=1S/C36H48N6O3/c1-6-42(36(45)28-9-10-28)33-19-30(18-32(26(33)4)35(44)39-21-31(23-43)24(2)17-25(3)37-5)29-11-12-34(38-20-29)41-15-13-40(14-16-41)22-27-7-8-27/h11-12,17-20,23,27-28,37H,6-10,13-16,21-22H2,1-5H3,(H,39,44)/b25-17-,31-24-. The monoisotopic (exact) mass is 612 g/mol. The van der Waals surface area contributed by atoms with Gasteiger partial charge in [0.1, 0.15) is 12.1 Å². The normalized spacial score (nSPS) is 17.9. The van der Waals surface area contributed by atoms with Crippen molar-refractivity contribution >= 4 is 29.6 Å². The number of benzene rings is 1. The van der Waals surface area contributed by atoms with E-state index in [1.807, 2.05) is 64.0 Å². The predicted octanol–water partition coefficient (Wildman–Crippen LogP) is 4.72. The van der Waals surface area contributed by atoms with E-state index in [2.05, 4.69) is 32.6 Å². The molecule has 1 aromatic heterocycles. The number of amides is 2. The van der Waals surface area contributed by atoms with E-state index in [4.69, 9.17) is 4.98 Å². The minimum Gasteiger partial charge on any atom is -0.392 e. The first-order valence-corrected chi connectivity index (χ1v) is 16.4. The third-order valence-electron chi connectivity index (χ3n) is 9.33. The van der Waals surface area contributed by atoms with Gasteiger partial charge in [0, 0.05) is 93.1 Å². The fourth-order valence-corrected chi connectivity index (χ4v) is 5.98. The van der Waals surface area contributed by atoms with Crippen molar-refractivity contribution in [2.75, 3.05) is 62.7 Å². The SMILES string of the molecule is CCN(C(=O)C1CC1)c1cc(-c2ccc(N3CCN(CC4CC4)CC3)nc2)cc(C(=O)NC/C(C=O)=C(C)/C=C(/C)NC)c1C. The van der Waals surface area contributed by atoms with Crippen molar-refractivity contribution in [3.05, 3.63) is 64.5 Å². The molecule has 1 aromatic carbocycles. The van der Waals surface area contributed by atoms with Crippen LogP contribution in [0.1, 0.15) is 62.4 Å². The summed E-state index contributed by atoms with van der Waals surface area (Å²) in [5.74, 6) is 1.72. The average molecular weight is 613 g/mol. The van der Waals surface area contributed by atoms with Crippen LogP contribution in [0.2, 0.25) is 0 Å². The number of nitrogens with one attached hydrogen (secondary N) is 2. The van der Waals surface area contributed by atoms with E-state index in [-0.39, 0.29) is 24.3 Å². The van der Waals surface area contributed by atoms with Crippen LogP contribution in [-0.4, -0.2) is 80.8 Å². The van der Waals surface area contributed by atoms with Crippen LogP contribution in [0, 0.1) is 18.8 Å². The highest BCUT2D eigenvalue weighted by molar-refractivity contribution is 6.03. The largest absolute Gasteiger partial charge is 0.392 e. The second-order valence-electron chi connectivity index (χ2n) is 12.7. The lowest BCUT2D eigenvalue weighted by atomic mass is 9.97. The Kier molecular flexibility index (Phi) is 10.4. The molecule has 2 heterocycles. The van der Waals surface area contributed by atoms with Crippen LogP contribution in [0.4, 0.5) is 11.5 Å². The minimum absolute atomic E-state index is 0.0494. The van der Waals surface area contributed by atoms with Gasteiger partial charge in [-0.05, 0) is 106 Å². The minimum atomic E-state index is -0.291. The van der Waals surface area contributed by atoms with Crippen molar-refractivity contribution in [1.29, 1.82) is 0 Å². The molecule has 2 N–H and O–H groups in total. The Labute approximate surface area is 267 Å². The Morgan fingerprint density at radius 2 is 1.78 bits per heavy atom. The van der Waals surface area contributed by atoms with E-state index in [1.165, 1.54) is 19.4 Å². The lowest BCUT2D eigenvalue weighted by Crippen LogP contribution is -2.47. The van der Waals surface area contributed by atoms with Gasteiger partial charge in [0.25, 0.3) is 5.91 Å². The Morgan fingerprint density at radius 1 is 1.04 bits per heavy atom. The zero-order valence-electron chi connectivity index (χ0n) is 27.5. The summed E-state index contributed by atoms with van der Waals surface area (Å²) in [7, 11) is 1.82. The summed E-state index contributed by atoms with van der Waals surface area (Å²) in [6.45, 7) is 13.5. The molecule has 2 saturated carbocycles. The number of nitrogens with zero attached hydrogens (tertiary/aromatic N) is 4. The number of hydrogen-bond acceptors (Lipinski definition) is 7. The van der Waals surface area contributed by atoms with Crippen LogP contribution in [0.15, 0.2) is 53.4 Å². The molecule has 3 fully saturated rings. The third kappa shape index (κ3) is 8.00. The van der Waals surface area contributed by atoms with Crippen molar-refractivity contribution in [2.45, 2.75) is 53.4 Å². The fourth-order valence-electron chi connectivity index (χ4n) is 5.98. The average Bonchev–Trinajstić information content (AvgIpc) is 3.98. The quantitative estimate of drug-likeness (QED) is 0.192. The lowest BCUT2D eigenvalue weighted by Gasteiger charge is -2.35. The molecule has 0 bridgehead atoms. The molecule has 0 atom stereocenters. The van der Waals surface area contributed by atoms with Gasteiger partial charge in [0.15, 0.2) is 0 Å². The van der Waals surface area contributed by atoms with Crippen LogP contribution in [0.5, 0.6) is 0 Å². The summed E-state index contributed by atoms with van der Waals surface area (Å²) < 4.78 is 0. The van der Waals surface area contributed by atoms with Gasteiger partial charge in [-0.25, -0.2) is 4.98 Å². The van der Waals surface area contributed by atoms with Crippen LogP contribution in [0.3, 0.4) is 0 Å². The van der Waals surface area contributed by atoms with Crippen molar-refractivity contribution in [3.8, 4) is 11.1 Å². The Balaban J connectivity index is 1.40. The molecule has 2 aliphatic carbocycles. The van der Waals surface area contributed by atoms with Crippen LogP contribution in [-0.2, 0) is 9.59 Å². The zero-order chi connectivity index (χ0) is 32.1. The number of hydrogen-bond donors (Lipinski definition) is 2. The van der Waals surface area contributed by atoms with Gasteiger partial charge in [0.2, 0.25) is 5.91 Å². The van der Waals surface area contributed by atoms with E-state index in [0.717, 1.165) is 90.7 Å². The first-order chi connectivity index (χ1) is 21.7. The van der Waals surface area contributed by atoms with Gasteiger partial charge in [-0.2, -0.15) is 0 Å². The molecule has 9 nitrogen and oxygen atoms in total. The van der Waals surface area contributed by atoms with Gasteiger partial charge in [-0.3, -0.25) is 19.3 Å². The van der Waals surface area contributed by atoms with Gasteiger partial charge >= 0.3 is 0 Å². The summed E-state index contributed by atoms with van der Waals surface area (Å²) >= 11 is 0. The first kappa shape index (κ1) is 32.4. The van der Waals surface area contributed by atoms with Crippen molar-refractivity contribution in [3.63, 3.8) is 0 Å². The summed E-state index contributed by atoms with van der Waals surface area (Å²) in [5.41, 5.74) is 5.86. The lowest BCUT2D eigenvalue weighted by molar-refractivity contribution is -0.119. The smallest absolute Gasteiger partial charge is 0.251 e. The van der Waals surface area contributed by atoms with E-state index in [0.29, 0.717) is 17.7 Å². The number of aldehydes is 1. The number of aromatic nitrogens is 1. The molecule has 3 aliphatic rings. The molecule has 9 heteroatoms. The maximum atomic E-state index is 13.7. The van der Waals surface area contributed by atoms with Crippen molar-refractivity contribution in [1.82, 2.24) is 20.5 Å². The molecule has 5 rings (SSSR count). The van der Waals surface area contributed by atoms with Gasteiger partial charge < -0.3 is 20.4 Å². The number of allylic oxidation sites excluding steroid dienone is 3. The molecule has 1 aliphatic heterocycles. The second kappa shape index (κ2) is 14.4. The molecule has 240 valence electrons. The predicted molar refractivity (Wildman–Crippen MR) is 180 cm³/mol. The van der Waals surface area contributed by atoms with Crippen LogP contribution < -0.4 is 20.4 Å². The van der Waals surface area contributed by atoms with E-state index in [9.17, 15) is 14.4 Å². The number of carbonyl (C=O) groups excluding carboxylic acids is 3. The molecule has 2 aromatic rings. The maximum Gasteiger partial charge on any atom is 0.251 e. The van der Waals surface area contributed by atoms with Crippen molar-refractivity contribution < 1.29 is 14.4 Å². The molecule has 0 radical (unpaired) electrons. The molecule has 0 unspecified atom stereocenters. The molecule has 1 saturated heterocycles. The Bertz CT molecular complexity index is 1460. The van der Waals surface area contributed by atoms with Crippen molar-refractivity contribution in [2.24, 2.45) is 11.8 Å². The maximum absolute atomic E-state index is 13.7.